The van der Waals surface area contributed by atoms with Gasteiger partial charge in [0.05, 0.1) is 11.7 Å². The molecule has 0 aromatic carbocycles. The zero-order valence-corrected chi connectivity index (χ0v) is 15.9. The Hall–Kier alpha value is -1.14. The van der Waals surface area contributed by atoms with Gasteiger partial charge in [0.25, 0.3) is 0 Å². The number of rotatable bonds is 5. The molecule has 1 aliphatic heterocycles. The summed E-state index contributed by atoms with van der Waals surface area (Å²) in [6, 6.07) is -0.0844. The predicted octanol–water partition coefficient (Wildman–Crippen LogP) is 2.66. The van der Waals surface area contributed by atoms with E-state index in [4.69, 9.17) is 0 Å². The molecule has 0 spiro atoms. The van der Waals surface area contributed by atoms with Crippen molar-refractivity contribution in [1.29, 1.82) is 0 Å². The Morgan fingerprint density at radius 2 is 2.13 bits per heavy atom. The minimum absolute atomic E-state index is 0.0844. The van der Waals surface area contributed by atoms with E-state index in [0.29, 0.717) is 0 Å². The lowest BCUT2D eigenvalue weighted by atomic mass is 10.0. The van der Waals surface area contributed by atoms with Crippen molar-refractivity contribution in [2.75, 3.05) is 31.1 Å². The number of hydrogen-bond acceptors (Lipinski definition) is 5. The van der Waals surface area contributed by atoms with Crippen LogP contribution in [0.2, 0.25) is 0 Å². The maximum Gasteiger partial charge on any atom is 0.237 e. The SMILES string of the molecule is CCC(C)(C)NC(=O)C(C)N1CCCN(c2nc(C)cs2)CC1. The number of hydrogen-bond donors (Lipinski definition) is 1. The molecule has 2 heterocycles. The summed E-state index contributed by atoms with van der Waals surface area (Å²) in [4.78, 5) is 21.7. The van der Waals surface area contributed by atoms with Crippen molar-refractivity contribution >= 4 is 22.4 Å². The van der Waals surface area contributed by atoms with Crippen molar-refractivity contribution in [2.45, 2.75) is 59.0 Å². The van der Waals surface area contributed by atoms with E-state index in [9.17, 15) is 4.79 Å². The molecular weight excluding hydrogens is 308 g/mol. The average Bonchev–Trinajstić information content (AvgIpc) is 2.79. The molecule has 1 amide bonds. The Bertz CT molecular complexity index is 528. The standard InChI is InChI=1S/C17H30N4OS/c1-6-17(4,5)19-15(22)14(3)20-8-7-9-21(11-10-20)16-18-13(2)12-23-16/h12,14H,6-11H2,1-5H3,(H,19,22). The molecule has 1 fully saturated rings. The fraction of sp³-hybridized carbons (Fsp3) is 0.765. The molecule has 23 heavy (non-hydrogen) atoms. The number of aryl methyl sites for hydroxylation is 1. The van der Waals surface area contributed by atoms with Crippen LogP contribution in [0.15, 0.2) is 5.38 Å². The van der Waals surface area contributed by atoms with Crippen molar-refractivity contribution in [3.63, 3.8) is 0 Å². The topological polar surface area (TPSA) is 48.5 Å². The summed E-state index contributed by atoms with van der Waals surface area (Å²) in [5.74, 6) is 0.135. The first-order valence-electron chi connectivity index (χ1n) is 8.55. The number of carbonyl (C=O) groups is 1. The van der Waals surface area contributed by atoms with Crippen molar-refractivity contribution in [1.82, 2.24) is 15.2 Å². The monoisotopic (exact) mass is 338 g/mol. The van der Waals surface area contributed by atoms with E-state index >= 15 is 0 Å². The van der Waals surface area contributed by atoms with Gasteiger partial charge in [-0.15, -0.1) is 11.3 Å². The van der Waals surface area contributed by atoms with Crippen LogP contribution in [0.5, 0.6) is 0 Å². The molecule has 0 aliphatic carbocycles. The van der Waals surface area contributed by atoms with Crippen molar-refractivity contribution in [3.8, 4) is 0 Å². The van der Waals surface area contributed by atoms with E-state index in [2.05, 4.69) is 46.3 Å². The molecule has 0 saturated carbocycles. The van der Waals surface area contributed by atoms with Crippen LogP contribution in [0.25, 0.3) is 0 Å². The molecule has 1 N–H and O–H groups in total. The molecule has 6 heteroatoms. The largest absolute Gasteiger partial charge is 0.350 e. The summed E-state index contributed by atoms with van der Waals surface area (Å²) >= 11 is 1.71. The second-order valence-corrected chi connectivity index (χ2v) is 7.89. The third kappa shape index (κ3) is 4.91. The van der Waals surface area contributed by atoms with Gasteiger partial charge in [-0.05, 0) is 40.5 Å². The number of amides is 1. The van der Waals surface area contributed by atoms with Crippen molar-refractivity contribution in [2.24, 2.45) is 0 Å². The van der Waals surface area contributed by atoms with Crippen LogP contribution in [0.1, 0.15) is 46.2 Å². The summed E-state index contributed by atoms with van der Waals surface area (Å²) in [6.45, 7) is 14.1. The molecule has 1 atom stereocenters. The second kappa shape index (κ2) is 7.62. The van der Waals surface area contributed by atoms with Crippen LogP contribution in [0.4, 0.5) is 5.13 Å². The van der Waals surface area contributed by atoms with E-state index < -0.39 is 0 Å². The third-order valence-electron chi connectivity index (χ3n) is 4.68. The summed E-state index contributed by atoms with van der Waals surface area (Å²) < 4.78 is 0. The van der Waals surface area contributed by atoms with Crippen molar-refractivity contribution < 1.29 is 4.79 Å². The van der Waals surface area contributed by atoms with Gasteiger partial charge in [-0.25, -0.2) is 4.98 Å². The van der Waals surface area contributed by atoms with Gasteiger partial charge in [-0.2, -0.15) is 0 Å². The quantitative estimate of drug-likeness (QED) is 0.897. The first-order chi connectivity index (χ1) is 10.8. The Kier molecular flexibility index (Phi) is 6.03. The molecule has 1 aromatic rings. The summed E-state index contributed by atoms with van der Waals surface area (Å²) in [7, 11) is 0. The van der Waals surface area contributed by atoms with Crippen LogP contribution in [-0.2, 0) is 4.79 Å². The normalized spacial score (nSPS) is 18.6. The molecular formula is C17H30N4OS. The molecule has 5 nitrogen and oxygen atoms in total. The molecule has 130 valence electrons. The highest BCUT2D eigenvalue weighted by Crippen LogP contribution is 2.22. The maximum atomic E-state index is 12.5. The zero-order chi connectivity index (χ0) is 17.0. The highest BCUT2D eigenvalue weighted by atomic mass is 32.1. The van der Waals surface area contributed by atoms with E-state index in [1.54, 1.807) is 11.3 Å². The summed E-state index contributed by atoms with van der Waals surface area (Å²) in [5, 5.41) is 6.37. The zero-order valence-electron chi connectivity index (χ0n) is 15.1. The van der Waals surface area contributed by atoms with E-state index in [-0.39, 0.29) is 17.5 Å². The molecule has 2 rings (SSSR count). The van der Waals surface area contributed by atoms with Gasteiger partial charge in [0.2, 0.25) is 5.91 Å². The summed E-state index contributed by atoms with van der Waals surface area (Å²) in [6.07, 6.45) is 2.00. The maximum absolute atomic E-state index is 12.5. The Balaban J connectivity index is 1.93. The van der Waals surface area contributed by atoms with Crippen LogP contribution in [0.3, 0.4) is 0 Å². The van der Waals surface area contributed by atoms with Crippen LogP contribution < -0.4 is 10.2 Å². The highest BCUT2D eigenvalue weighted by molar-refractivity contribution is 7.13. The number of nitrogens with one attached hydrogen (secondary N) is 1. The number of aromatic nitrogens is 1. The lowest BCUT2D eigenvalue weighted by molar-refractivity contribution is -0.127. The number of thiazole rings is 1. The first-order valence-corrected chi connectivity index (χ1v) is 9.43. The average molecular weight is 339 g/mol. The molecule has 0 radical (unpaired) electrons. The van der Waals surface area contributed by atoms with Crippen LogP contribution in [-0.4, -0.2) is 53.6 Å². The lowest BCUT2D eigenvalue weighted by Gasteiger charge is -2.31. The number of nitrogens with zero attached hydrogens (tertiary/aromatic N) is 3. The van der Waals surface area contributed by atoms with Crippen LogP contribution in [0, 0.1) is 6.92 Å². The van der Waals surface area contributed by atoms with Gasteiger partial charge < -0.3 is 10.2 Å². The van der Waals surface area contributed by atoms with Gasteiger partial charge in [0.1, 0.15) is 0 Å². The Labute approximate surface area is 144 Å². The van der Waals surface area contributed by atoms with Crippen molar-refractivity contribution in [3.05, 3.63) is 11.1 Å². The first kappa shape index (κ1) is 18.2. The van der Waals surface area contributed by atoms with E-state index in [1.807, 2.05) is 13.8 Å². The molecule has 1 unspecified atom stereocenters. The molecule has 0 bridgehead atoms. The number of carbonyl (C=O) groups excluding carboxylic acids is 1. The van der Waals surface area contributed by atoms with Gasteiger partial charge >= 0.3 is 0 Å². The highest BCUT2D eigenvalue weighted by Gasteiger charge is 2.27. The fourth-order valence-corrected chi connectivity index (χ4v) is 3.55. The van der Waals surface area contributed by atoms with E-state index in [0.717, 1.165) is 49.8 Å². The molecule has 1 saturated heterocycles. The van der Waals surface area contributed by atoms with Gasteiger partial charge in [-0.1, -0.05) is 6.92 Å². The Morgan fingerprint density at radius 3 is 2.74 bits per heavy atom. The predicted molar refractivity (Wildman–Crippen MR) is 97.2 cm³/mol. The van der Waals surface area contributed by atoms with Crippen LogP contribution >= 0.6 is 11.3 Å². The fourth-order valence-electron chi connectivity index (χ4n) is 2.69. The van der Waals surface area contributed by atoms with Gasteiger partial charge in [-0.3, -0.25) is 9.69 Å². The molecule has 1 aromatic heterocycles. The Morgan fingerprint density at radius 1 is 1.39 bits per heavy atom. The minimum Gasteiger partial charge on any atom is -0.350 e. The third-order valence-corrected chi connectivity index (χ3v) is 5.70. The van der Waals surface area contributed by atoms with Gasteiger partial charge in [0.15, 0.2) is 5.13 Å². The number of anilines is 1. The minimum atomic E-state index is -0.137. The molecule has 1 aliphatic rings. The second-order valence-electron chi connectivity index (χ2n) is 7.05. The van der Waals surface area contributed by atoms with Gasteiger partial charge in [0, 0.05) is 37.1 Å². The summed E-state index contributed by atoms with van der Waals surface area (Å²) in [5.41, 5.74) is 0.947. The lowest BCUT2D eigenvalue weighted by Crippen LogP contribution is -2.52. The van der Waals surface area contributed by atoms with E-state index in [1.165, 1.54) is 0 Å². The smallest absolute Gasteiger partial charge is 0.237 e.